The Morgan fingerprint density at radius 3 is 2.61 bits per heavy atom. The molecule has 0 spiro atoms. The van der Waals surface area contributed by atoms with Crippen molar-refractivity contribution in [1.29, 1.82) is 0 Å². The summed E-state index contributed by atoms with van der Waals surface area (Å²) in [6.07, 6.45) is 0. The van der Waals surface area contributed by atoms with Gasteiger partial charge in [0.2, 0.25) is 5.16 Å². The third-order valence-electron chi connectivity index (χ3n) is 2.36. The van der Waals surface area contributed by atoms with Crippen LogP contribution in [0.3, 0.4) is 0 Å². The molecule has 2 heterocycles. The monoisotopic (exact) mass is 267 g/mol. The maximum atomic E-state index is 5.98. The maximum Gasteiger partial charge on any atom is 0.210 e. The largest absolute Gasteiger partial charge is 0.360 e. The van der Waals surface area contributed by atoms with E-state index in [1.165, 1.54) is 16.4 Å². The van der Waals surface area contributed by atoms with Crippen molar-refractivity contribution in [1.82, 2.24) is 20.0 Å². The molecule has 6 nitrogen and oxygen atoms in total. The lowest BCUT2D eigenvalue weighted by Gasteiger charge is -2.16. The quantitative estimate of drug-likeness (QED) is 0.675. The molecule has 0 saturated heterocycles. The van der Waals surface area contributed by atoms with Crippen molar-refractivity contribution in [3.8, 4) is 0 Å². The van der Waals surface area contributed by atoms with E-state index < -0.39 is 0 Å². The molecule has 0 aliphatic carbocycles. The van der Waals surface area contributed by atoms with Gasteiger partial charge < -0.3 is 10.4 Å². The van der Waals surface area contributed by atoms with Gasteiger partial charge in [-0.1, -0.05) is 37.7 Å². The fourth-order valence-corrected chi connectivity index (χ4v) is 2.24. The fourth-order valence-electron chi connectivity index (χ4n) is 1.51. The second kappa shape index (κ2) is 4.64. The van der Waals surface area contributed by atoms with Crippen LogP contribution in [0.15, 0.2) is 15.7 Å². The van der Waals surface area contributed by atoms with E-state index in [2.05, 4.69) is 36.1 Å². The van der Waals surface area contributed by atoms with Crippen LogP contribution in [0, 0.1) is 6.92 Å². The first kappa shape index (κ1) is 12.9. The van der Waals surface area contributed by atoms with Crippen molar-refractivity contribution in [3.63, 3.8) is 0 Å². The van der Waals surface area contributed by atoms with E-state index in [4.69, 9.17) is 10.4 Å². The van der Waals surface area contributed by atoms with Gasteiger partial charge in [0.05, 0.1) is 11.4 Å². The molecular formula is C11H17N5OS. The number of rotatable bonds is 3. The summed E-state index contributed by atoms with van der Waals surface area (Å²) in [7, 11) is 0. The summed E-state index contributed by atoms with van der Waals surface area (Å²) in [6, 6.07) is 1.90. The molecule has 0 saturated carbocycles. The number of aromatic nitrogens is 4. The zero-order valence-electron chi connectivity index (χ0n) is 11.0. The SMILES string of the molecule is Cc1cc(CSc2nnc(C(C)(C)C)n2N)on1. The van der Waals surface area contributed by atoms with Crippen LogP contribution < -0.4 is 5.84 Å². The van der Waals surface area contributed by atoms with Gasteiger partial charge in [0.15, 0.2) is 5.82 Å². The van der Waals surface area contributed by atoms with E-state index in [0.29, 0.717) is 10.9 Å². The van der Waals surface area contributed by atoms with Gasteiger partial charge in [0.25, 0.3) is 0 Å². The van der Waals surface area contributed by atoms with E-state index in [1.54, 1.807) is 0 Å². The lowest BCUT2D eigenvalue weighted by Crippen LogP contribution is -2.24. The molecule has 7 heteroatoms. The topological polar surface area (TPSA) is 82.8 Å². The summed E-state index contributed by atoms with van der Waals surface area (Å²) in [5.74, 6) is 8.19. The van der Waals surface area contributed by atoms with E-state index in [-0.39, 0.29) is 5.41 Å². The van der Waals surface area contributed by atoms with Crippen molar-refractivity contribution < 1.29 is 4.52 Å². The highest BCUT2D eigenvalue weighted by Crippen LogP contribution is 2.25. The molecule has 0 fully saturated rings. The molecule has 98 valence electrons. The molecule has 0 radical (unpaired) electrons. The summed E-state index contributed by atoms with van der Waals surface area (Å²) < 4.78 is 6.67. The van der Waals surface area contributed by atoms with Crippen LogP contribution in [0.1, 0.15) is 38.0 Å². The lowest BCUT2D eigenvalue weighted by molar-refractivity contribution is 0.391. The zero-order chi connectivity index (χ0) is 13.3. The van der Waals surface area contributed by atoms with Gasteiger partial charge in [-0.25, -0.2) is 4.68 Å². The lowest BCUT2D eigenvalue weighted by atomic mass is 9.96. The average Bonchev–Trinajstić information content (AvgIpc) is 2.81. The first-order chi connectivity index (χ1) is 8.38. The van der Waals surface area contributed by atoms with Crippen LogP contribution in [0.25, 0.3) is 0 Å². The minimum atomic E-state index is -0.122. The van der Waals surface area contributed by atoms with Gasteiger partial charge in [0, 0.05) is 11.5 Å². The Labute approximate surface area is 110 Å². The summed E-state index contributed by atoms with van der Waals surface area (Å²) in [4.78, 5) is 0. The molecule has 2 rings (SSSR count). The molecule has 18 heavy (non-hydrogen) atoms. The van der Waals surface area contributed by atoms with Gasteiger partial charge in [0.1, 0.15) is 5.76 Å². The Balaban J connectivity index is 2.09. The van der Waals surface area contributed by atoms with Crippen LogP contribution in [-0.2, 0) is 11.2 Å². The molecule has 0 bridgehead atoms. The smallest absolute Gasteiger partial charge is 0.210 e. The second-order valence-corrected chi connectivity index (χ2v) is 6.09. The molecule has 2 aromatic rings. The van der Waals surface area contributed by atoms with E-state index in [1.807, 2.05) is 13.0 Å². The molecule has 2 aromatic heterocycles. The highest BCUT2D eigenvalue weighted by molar-refractivity contribution is 7.98. The molecule has 0 unspecified atom stereocenters. The first-order valence-electron chi connectivity index (χ1n) is 5.64. The van der Waals surface area contributed by atoms with Crippen LogP contribution in [0.5, 0.6) is 0 Å². The van der Waals surface area contributed by atoms with Crippen molar-refractivity contribution >= 4 is 11.8 Å². The summed E-state index contributed by atoms with van der Waals surface area (Å²) in [5.41, 5.74) is 0.749. The predicted octanol–water partition coefficient (Wildman–Crippen LogP) is 1.88. The Hall–Kier alpha value is -1.50. The Bertz CT molecular complexity index is 540. The molecule has 0 aromatic carbocycles. The van der Waals surface area contributed by atoms with Crippen molar-refractivity contribution in [2.75, 3.05) is 5.84 Å². The molecule has 0 aliphatic heterocycles. The normalized spacial score (nSPS) is 12.0. The standard InChI is InChI=1S/C11H17N5OS/c1-7-5-8(17-15-7)6-18-10-14-13-9(16(10)12)11(2,3)4/h5H,6,12H2,1-4H3. The molecule has 0 amide bonds. The van der Waals surface area contributed by atoms with Gasteiger partial charge in [-0.15, -0.1) is 10.2 Å². The number of aryl methyl sites for hydroxylation is 1. The molecule has 0 atom stereocenters. The number of hydrogen-bond acceptors (Lipinski definition) is 6. The summed E-state index contributed by atoms with van der Waals surface area (Å²) in [5, 5.41) is 12.7. The molecule has 2 N–H and O–H groups in total. The average molecular weight is 267 g/mol. The van der Waals surface area contributed by atoms with Crippen LogP contribution in [-0.4, -0.2) is 20.0 Å². The highest BCUT2D eigenvalue weighted by atomic mass is 32.2. The van der Waals surface area contributed by atoms with Gasteiger partial charge >= 0.3 is 0 Å². The minimum absolute atomic E-state index is 0.122. The Morgan fingerprint density at radius 1 is 1.39 bits per heavy atom. The first-order valence-corrected chi connectivity index (χ1v) is 6.62. The maximum absolute atomic E-state index is 5.98. The molecule has 0 aliphatic rings. The number of nitrogen functional groups attached to an aromatic ring is 1. The summed E-state index contributed by atoms with van der Waals surface area (Å²) in [6.45, 7) is 8.04. The van der Waals surface area contributed by atoms with Crippen molar-refractivity contribution in [2.24, 2.45) is 0 Å². The van der Waals surface area contributed by atoms with Gasteiger partial charge in [-0.3, -0.25) is 0 Å². The predicted molar refractivity (Wildman–Crippen MR) is 69.7 cm³/mol. The minimum Gasteiger partial charge on any atom is -0.360 e. The number of nitrogens with two attached hydrogens (primary N) is 1. The Kier molecular flexibility index (Phi) is 3.34. The van der Waals surface area contributed by atoms with Gasteiger partial charge in [-0.05, 0) is 6.92 Å². The number of hydrogen-bond donors (Lipinski definition) is 1. The van der Waals surface area contributed by atoms with Crippen molar-refractivity contribution in [2.45, 2.75) is 44.0 Å². The third kappa shape index (κ3) is 2.66. The number of thioether (sulfide) groups is 1. The van der Waals surface area contributed by atoms with Crippen LogP contribution in [0.2, 0.25) is 0 Å². The van der Waals surface area contributed by atoms with E-state index in [0.717, 1.165) is 17.3 Å². The fraction of sp³-hybridized carbons (Fsp3) is 0.545. The zero-order valence-corrected chi connectivity index (χ0v) is 11.8. The second-order valence-electron chi connectivity index (χ2n) is 5.15. The van der Waals surface area contributed by atoms with E-state index >= 15 is 0 Å². The van der Waals surface area contributed by atoms with E-state index in [9.17, 15) is 0 Å². The van der Waals surface area contributed by atoms with Crippen LogP contribution in [0.4, 0.5) is 0 Å². The number of nitrogens with zero attached hydrogens (tertiary/aromatic N) is 4. The molecular weight excluding hydrogens is 250 g/mol. The third-order valence-corrected chi connectivity index (χ3v) is 3.32. The Morgan fingerprint density at radius 2 is 2.11 bits per heavy atom. The van der Waals surface area contributed by atoms with Crippen molar-refractivity contribution in [3.05, 3.63) is 23.3 Å². The highest BCUT2D eigenvalue weighted by Gasteiger charge is 2.23. The van der Waals surface area contributed by atoms with Crippen LogP contribution >= 0.6 is 11.8 Å². The summed E-state index contributed by atoms with van der Waals surface area (Å²) >= 11 is 1.48. The van der Waals surface area contributed by atoms with Gasteiger partial charge in [-0.2, -0.15) is 0 Å².